The second-order valence-corrected chi connectivity index (χ2v) is 6.59. The highest BCUT2D eigenvalue weighted by atomic mass is 127. The molecule has 0 spiro atoms. The topological polar surface area (TPSA) is 97.7 Å². The van der Waals surface area contributed by atoms with Crippen LogP contribution in [0.2, 0.25) is 0 Å². The molecule has 2 aromatic rings. The van der Waals surface area contributed by atoms with E-state index in [1.54, 1.807) is 24.3 Å². The molecule has 0 aliphatic rings. The highest BCUT2D eigenvalue weighted by Gasteiger charge is 2.14. The molecule has 1 N–H and O–H groups in total. The van der Waals surface area contributed by atoms with Crippen molar-refractivity contribution in [2.45, 2.75) is 0 Å². The zero-order chi connectivity index (χ0) is 20.7. The van der Waals surface area contributed by atoms with Crippen LogP contribution in [0.25, 0.3) is 6.08 Å². The Bertz CT molecular complexity index is 962. The molecule has 1 amide bonds. The largest absolute Gasteiger partial charge is 0.493 e. The minimum absolute atomic E-state index is 0.0833. The Morgan fingerprint density at radius 2 is 1.79 bits per heavy atom. The van der Waals surface area contributed by atoms with E-state index in [4.69, 9.17) is 9.47 Å². The first-order valence-corrected chi connectivity index (χ1v) is 9.04. The lowest BCUT2D eigenvalue weighted by molar-refractivity contribution is -0.112. The van der Waals surface area contributed by atoms with Crippen molar-refractivity contribution in [2.24, 2.45) is 0 Å². The lowest BCUT2D eigenvalue weighted by Crippen LogP contribution is -2.13. The molecular weight excluding hydrogens is 475 g/mol. The molecule has 2 rings (SSSR count). The molecule has 144 valence electrons. The van der Waals surface area contributed by atoms with Crippen molar-refractivity contribution < 1.29 is 23.8 Å². The van der Waals surface area contributed by atoms with Gasteiger partial charge in [0.05, 0.1) is 30.5 Å². The summed E-state index contributed by atoms with van der Waals surface area (Å²) in [5.41, 5.74) is 1.34. The summed E-state index contributed by atoms with van der Waals surface area (Å²) in [5, 5.41) is 12.0. The van der Waals surface area contributed by atoms with Crippen LogP contribution in [0.1, 0.15) is 15.9 Å². The van der Waals surface area contributed by atoms with Gasteiger partial charge in [0.15, 0.2) is 11.5 Å². The Hall–Kier alpha value is -3.06. The summed E-state index contributed by atoms with van der Waals surface area (Å²) in [6.45, 7) is 0. The first-order chi connectivity index (χ1) is 13.4. The van der Waals surface area contributed by atoms with E-state index in [1.165, 1.54) is 39.5 Å². The molecule has 28 heavy (non-hydrogen) atoms. The number of amides is 1. The average Bonchev–Trinajstić information content (AvgIpc) is 2.71. The number of ether oxygens (including phenoxy) is 3. The predicted octanol–water partition coefficient (Wildman–Crippen LogP) is 3.64. The Labute approximate surface area is 176 Å². The molecule has 7 nitrogen and oxygen atoms in total. The van der Waals surface area contributed by atoms with E-state index in [0.29, 0.717) is 28.3 Å². The average molecular weight is 492 g/mol. The number of hydrogen-bond acceptors (Lipinski definition) is 6. The second-order valence-electron chi connectivity index (χ2n) is 5.43. The molecule has 2 aromatic carbocycles. The van der Waals surface area contributed by atoms with E-state index >= 15 is 0 Å². The first-order valence-electron chi connectivity index (χ1n) is 7.96. The van der Waals surface area contributed by atoms with Crippen molar-refractivity contribution in [1.82, 2.24) is 0 Å². The summed E-state index contributed by atoms with van der Waals surface area (Å²) < 4.78 is 16.0. The van der Waals surface area contributed by atoms with Crippen molar-refractivity contribution in [3.05, 3.63) is 56.7 Å². The highest BCUT2D eigenvalue weighted by Crippen LogP contribution is 2.34. The van der Waals surface area contributed by atoms with Crippen LogP contribution >= 0.6 is 22.6 Å². The first kappa shape index (κ1) is 21.2. The Kier molecular flexibility index (Phi) is 7.40. The van der Waals surface area contributed by atoms with Gasteiger partial charge in [0.25, 0.3) is 5.91 Å². The van der Waals surface area contributed by atoms with Crippen LogP contribution in [0.3, 0.4) is 0 Å². The van der Waals surface area contributed by atoms with E-state index in [9.17, 15) is 14.9 Å². The summed E-state index contributed by atoms with van der Waals surface area (Å²) in [7, 11) is 4.34. The maximum atomic E-state index is 12.4. The van der Waals surface area contributed by atoms with Gasteiger partial charge < -0.3 is 19.5 Å². The third kappa shape index (κ3) is 5.01. The molecule has 0 aliphatic carbocycles. The van der Waals surface area contributed by atoms with E-state index < -0.39 is 11.9 Å². The molecule has 0 aliphatic heterocycles. The van der Waals surface area contributed by atoms with E-state index in [0.717, 1.165) is 3.57 Å². The molecule has 0 heterocycles. The number of halogens is 1. The monoisotopic (exact) mass is 492 g/mol. The third-order valence-electron chi connectivity index (χ3n) is 3.70. The van der Waals surface area contributed by atoms with Gasteiger partial charge >= 0.3 is 5.97 Å². The molecule has 0 radical (unpaired) electrons. The van der Waals surface area contributed by atoms with Gasteiger partial charge in [0.2, 0.25) is 0 Å². The van der Waals surface area contributed by atoms with Crippen molar-refractivity contribution in [3.8, 4) is 17.6 Å². The highest BCUT2D eigenvalue weighted by molar-refractivity contribution is 14.1. The number of nitrogens with one attached hydrogen (secondary N) is 1. The standard InChI is InChI=1S/C20H17IN2O5/c1-26-17-10-12(9-16(21)18(17)27-2)8-14(11-22)19(24)23-15-6-4-13(5-7-15)20(25)28-3/h4-10H,1-3H3,(H,23,24)/b14-8+. The van der Waals surface area contributed by atoms with Gasteiger partial charge in [-0.15, -0.1) is 0 Å². The van der Waals surface area contributed by atoms with Gasteiger partial charge in [0.1, 0.15) is 11.6 Å². The molecule has 0 saturated carbocycles. The third-order valence-corrected chi connectivity index (χ3v) is 4.50. The van der Waals surface area contributed by atoms with Crippen molar-refractivity contribution >= 4 is 46.2 Å². The predicted molar refractivity (Wildman–Crippen MR) is 112 cm³/mol. The minimum Gasteiger partial charge on any atom is -0.493 e. The van der Waals surface area contributed by atoms with Gasteiger partial charge in [-0.1, -0.05) is 0 Å². The molecule has 0 unspecified atom stereocenters. The van der Waals surface area contributed by atoms with Crippen LogP contribution < -0.4 is 14.8 Å². The Balaban J connectivity index is 2.25. The van der Waals surface area contributed by atoms with Gasteiger partial charge in [0, 0.05) is 5.69 Å². The number of carbonyl (C=O) groups is 2. The van der Waals surface area contributed by atoms with Crippen LogP contribution in [-0.2, 0) is 9.53 Å². The number of esters is 1. The van der Waals surface area contributed by atoms with E-state index in [1.807, 2.05) is 6.07 Å². The lowest BCUT2D eigenvalue weighted by Gasteiger charge is -2.11. The minimum atomic E-state index is -0.571. The number of nitriles is 1. The van der Waals surface area contributed by atoms with Crippen LogP contribution in [0.5, 0.6) is 11.5 Å². The fraction of sp³-hybridized carbons (Fsp3) is 0.150. The number of rotatable bonds is 6. The van der Waals surface area contributed by atoms with Crippen molar-refractivity contribution in [3.63, 3.8) is 0 Å². The normalized spacial score (nSPS) is 10.6. The molecule has 0 saturated heterocycles. The Morgan fingerprint density at radius 1 is 1.11 bits per heavy atom. The van der Waals surface area contributed by atoms with Gasteiger partial charge in [-0.3, -0.25) is 4.79 Å². The smallest absolute Gasteiger partial charge is 0.337 e. The van der Waals surface area contributed by atoms with Gasteiger partial charge in [-0.2, -0.15) is 5.26 Å². The van der Waals surface area contributed by atoms with Gasteiger partial charge in [-0.05, 0) is 70.6 Å². The maximum Gasteiger partial charge on any atom is 0.337 e. The maximum absolute atomic E-state index is 12.4. The molecular formula is C20H17IN2O5. The molecule has 0 fully saturated rings. The molecule has 0 aromatic heterocycles. The fourth-order valence-corrected chi connectivity index (χ4v) is 3.19. The van der Waals surface area contributed by atoms with Crippen LogP contribution in [0.15, 0.2) is 42.0 Å². The molecule has 0 atom stereocenters. The Morgan fingerprint density at radius 3 is 2.32 bits per heavy atom. The van der Waals surface area contributed by atoms with Gasteiger partial charge in [-0.25, -0.2) is 4.79 Å². The number of carbonyl (C=O) groups excluding carboxylic acids is 2. The number of nitrogens with zero attached hydrogens (tertiary/aromatic N) is 1. The van der Waals surface area contributed by atoms with E-state index in [-0.39, 0.29) is 5.57 Å². The lowest BCUT2D eigenvalue weighted by atomic mass is 10.1. The number of anilines is 1. The zero-order valence-corrected chi connectivity index (χ0v) is 17.6. The van der Waals surface area contributed by atoms with Crippen LogP contribution in [0.4, 0.5) is 5.69 Å². The van der Waals surface area contributed by atoms with Crippen LogP contribution in [0, 0.1) is 14.9 Å². The molecule has 8 heteroatoms. The fourth-order valence-electron chi connectivity index (χ4n) is 2.34. The number of hydrogen-bond donors (Lipinski definition) is 1. The summed E-state index contributed by atoms with van der Waals surface area (Å²) in [4.78, 5) is 23.9. The summed E-state index contributed by atoms with van der Waals surface area (Å²) >= 11 is 2.09. The summed E-state index contributed by atoms with van der Waals surface area (Å²) in [6, 6.07) is 11.5. The van der Waals surface area contributed by atoms with Crippen molar-refractivity contribution in [2.75, 3.05) is 26.6 Å². The summed E-state index contributed by atoms with van der Waals surface area (Å²) in [6.07, 6.45) is 1.46. The number of methoxy groups -OCH3 is 3. The SMILES string of the molecule is COC(=O)c1ccc(NC(=O)/C(C#N)=C/c2cc(I)c(OC)c(OC)c2)cc1. The van der Waals surface area contributed by atoms with Crippen LogP contribution in [-0.4, -0.2) is 33.2 Å². The van der Waals surface area contributed by atoms with Crippen molar-refractivity contribution in [1.29, 1.82) is 5.26 Å². The zero-order valence-electron chi connectivity index (χ0n) is 15.4. The number of benzene rings is 2. The summed E-state index contributed by atoms with van der Waals surface area (Å²) in [5.74, 6) is 0.0299. The molecule has 0 bridgehead atoms. The quantitative estimate of drug-likeness (QED) is 0.286. The van der Waals surface area contributed by atoms with E-state index in [2.05, 4.69) is 32.6 Å². The second kappa shape index (κ2) is 9.75.